The van der Waals surface area contributed by atoms with Crippen LogP contribution in [0.25, 0.3) is 0 Å². The fraction of sp³-hybridized carbons (Fsp3) is 0.208. The Labute approximate surface area is 198 Å². The van der Waals surface area contributed by atoms with Gasteiger partial charge in [0.2, 0.25) is 15.9 Å². The van der Waals surface area contributed by atoms with E-state index in [-0.39, 0.29) is 17.1 Å². The van der Waals surface area contributed by atoms with Crippen LogP contribution in [0.2, 0.25) is 5.02 Å². The van der Waals surface area contributed by atoms with Crippen LogP contribution in [0.3, 0.4) is 0 Å². The number of amides is 1. The molecule has 174 valence electrons. The smallest absolute Gasteiger partial charge is 0.242 e. The summed E-state index contributed by atoms with van der Waals surface area (Å²) in [6.07, 6.45) is 0.152. The van der Waals surface area contributed by atoms with Gasteiger partial charge in [-0.3, -0.25) is 4.79 Å². The van der Waals surface area contributed by atoms with Gasteiger partial charge in [-0.25, -0.2) is 8.42 Å². The van der Waals surface area contributed by atoms with Crippen molar-refractivity contribution in [2.24, 2.45) is 0 Å². The number of rotatable bonds is 9. The third-order valence-electron chi connectivity index (χ3n) is 5.09. The second-order valence-corrected chi connectivity index (χ2v) is 9.40. The van der Waals surface area contributed by atoms with Crippen molar-refractivity contribution in [1.29, 1.82) is 0 Å². The topological polar surface area (TPSA) is 93.7 Å². The average Bonchev–Trinajstić information content (AvgIpc) is 2.81. The number of carbonyl (C=O) groups is 1. The number of methoxy groups -OCH3 is 2. The maximum absolute atomic E-state index is 13.2. The van der Waals surface area contributed by atoms with Gasteiger partial charge in [0.1, 0.15) is 6.04 Å². The van der Waals surface area contributed by atoms with E-state index >= 15 is 0 Å². The molecule has 0 heterocycles. The summed E-state index contributed by atoms with van der Waals surface area (Å²) in [5, 5.41) is 3.29. The van der Waals surface area contributed by atoms with Gasteiger partial charge in [-0.05, 0) is 48.7 Å². The molecule has 0 saturated carbocycles. The summed E-state index contributed by atoms with van der Waals surface area (Å²) in [7, 11) is -1.19. The highest BCUT2D eigenvalue weighted by molar-refractivity contribution is 7.89. The molecule has 0 aromatic heterocycles. The molecular formula is C24H25ClN2O5S. The fourth-order valence-electron chi connectivity index (χ4n) is 3.24. The number of benzene rings is 3. The number of nitrogens with one attached hydrogen (secondary N) is 2. The second-order valence-electron chi connectivity index (χ2n) is 7.28. The first-order chi connectivity index (χ1) is 15.7. The molecule has 0 saturated heterocycles. The normalized spacial score (nSPS) is 12.1. The molecule has 7 nitrogen and oxygen atoms in total. The first-order valence-electron chi connectivity index (χ1n) is 10.1. The number of halogens is 1. The first-order valence-corrected chi connectivity index (χ1v) is 12.0. The average molecular weight is 489 g/mol. The number of hydrogen-bond donors (Lipinski definition) is 2. The zero-order valence-electron chi connectivity index (χ0n) is 18.5. The third kappa shape index (κ3) is 6.04. The lowest BCUT2D eigenvalue weighted by Gasteiger charge is -2.20. The Hall–Kier alpha value is -3.07. The highest BCUT2D eigenvalue weighted by Gasteiger charge is 2.27. The lowest BCUT2D eigenvalue weighted by molar-refractivity contribution is -0.117. The summed E-state index contributed by atoms with van der Waals surface area (Å²) in [6.45, 7) is 1.78. The van der Waals surface area contributed by atoms with E-state index in [9.17, 15) is 13.2 Å². The van der Waals surface area contributed by atoms with Crippen LogP contribution >= 0.6 is 11.6 Å². The van der Waals surface area contributed by atoms with E-state index < -0.39 is 22.0 Å². The minimum atomic E-state index is -4.07. The lowest BCUT2D eigenvalue weighted by atomic mass is 10.1. The first kappa shape index (κ1) is 24.6. The maximum atomic E-state index is 13.2. The maximum Gasteiger partial charge on any atom is 0.242 e. The summed E-state index contributed by atoms with van der Waals surface area (Å²) in [5.74, 6) is 0.152. The van der Waals surface area contributed by atoms with Gasteiger partial charge in [0.25, 0.3) is 0 Å². The van der Waals surface area contributed by atoms with Gasteiger partial charge >= 0.3 is 0 Å². The molecule has 0 aliphatic heterocycles. The zero-order valence-corrected chi connectivity index (χ0v) is 20.0. The van der Waals surface area contributed by atoms with Gasteiger partial charge < -0.3 is 14.8 Å². The number of sulfonamides is 1. The van der Waals surface area contributed by atoms with Crippen molar-refractivity contribution in [1.82, 2.24) is 4.72 Å². The van der Waals surface area contributed by atoms with Crippen LogP contribution in [-0.4, -0.2) is 34.6 Å². The highest BCUT2D eigenvalue weighted by Crippen LogP contribution is 2.29. The minimum absolute atomic E-state index is 0.0510. The molecule has 0 fully saturated rings. The van der Waals surface area contributed by atoms with Crippen molar-refractivity contribution < 1.29 is 22.7 Å². The van der Waals surface area contributed by atoms with Crippen LogP contribution in [0.5, 0.6) is 11.5 Å². The Morgan fingerprint density at radius 2 is 1.67 bits per heavy atom. The van der Waals surface area contributed by atoms with Crippen LogP contribution in [0.1, 0.15) is 11.1 Å². The van der Waals surface area contributed by atoms with Crippen LogP contribution < -0.4 is 19.5 Å². The largest absolute Gasteiger partial charge is 0.493 e. The van der Waals surface area contributed by atoms with E-state index in [2.05, 4.69) is 10.0 Å². The summed E-state index contributed by atoms with van der Waals surface area (Å²) in [4.78, 5) is 13.1. The Bertz CT molecular complexity index is 1230. The van der Waals surface area contributed by atoms with E-state index in [4.69, 9.17) is 21.1 Å². The number of hydrogen-bond acceptors (Lipinski definition) is 5. The standard InChI is InChI=1S/C24H25ClN2O5S/c1-16-19(25)10-7-11-20(16)26-24(28)21(14-17-8-5-4-6-9-17)27-33(29,30)18-12-13-22(31-2)23(15-18)32-3/h4-13,15,21,27H,14H2,1-3H3,(H,26,28)/t21-/m1/s1. The summed E-state index contributed by atoms with van der Waals surface area (Å²) >= 11 is 6.16. The SMILES string of the molecule is COc1ccc(S(=O)(=O)N[C@H](Cc2ccccc2)C(=O)Nc2cccc(Cl)c2C)cc1OC. The minimum Gasteiger partial charge on any atom is -0.493 e. The van der Waals surface area contributed by atoms with Crippen molar-refractivity contribution in [3.63, 3.8) is 0 Å². The Kier molecular flexibility index (Phi) is 7.97. The molecule has 1 amide bonds. The fourth-order valence-corrected chi connectivity index (χ4v) is 4.62. The van der Waals surface area contributed by atoms with Gasteiger partial charge in [0.15, 0.2) is 11.5 Å². The van der Waals surface area contributed by atoms with Crippen molar-refractivity contribution >= 4 is 33.2 Å². The Morgan fingerprint density at radius 3 is 2.33 bits per heavy atom. The monoisotopic (exact) mass is 488 g/mol. The lowest BCUT2D eigenvalue weighted by Crippen LogP contribution is -2.45. The predicted octanol–water partition coefficient (Wildman–Crippen LogP) is 4.19. The quantitative estimate of drug-likeness (QED) is 0.471. The van der Waals surface area contributed by atoms with Crippen molar-refractivity contribution in [2.75, 3.05) is 19.5 Å². The van der Waals surface area contributed by atoms with Crippen molar-refractivity contribution in [3.8, 4) is 11.5 Å². The van der Waals surface area contributed by atoms with E-state index in [0.29, 0.717) is 22.0 Å². The van der Waals surface area contributed by atoms with Crippen molar-refractivity contribution in [2.45, 2.75) is 24.3 Å². The predicted molar refractivity (Wildman–Crippen MR) is 129 cm³/mol. The number of anilines is 1. The van der Waals surface area contributed by atoms with Crippen LogP contribution in [0.15, 0.2) is 71.6 Å². The molecule has 2 N–H and O–H groups in total. The molecule has 0 aliphatic rings. The van der Waals surface area contributed by atoms with Gasteiger partial charge in [0, 0.05) is 16.8 Å². The van der Waals surface area contributed by atoms with E-state index in [1.807, 2.05) is 30.3 Å². The molecule has 0 spiro atoms. The summed E-state index contributed by atoms with van der Waals surface area (Å²) < 4.78 is 39.3. The molecule has 3 rings (SSSR count). The molecule has 1 atom stereocenters. The van der Waals surface area contributed by atoms with E-state index in [1.54, 1.807) is 25.1 Å². The molecule has 3 aromatic rings. The van der Waals surface area contributed by atoms with Gasteiger partial charge in [-0.2, -0.15) is 4.72 Å². The molecule has 3 aromatic carbocycles. The van der Waals surface area contributed by atoms with Gasteiger partial charge in [-0.1, -0.05) is 48.0 Å². The molecule has 0 bridgehead atoms. The van der Waals surface area contributed by atoms with Crippen LogP contribution in [0.4, 0.5) is 5.69 Å². The van der Waals surface area contributed by atoms with Crippen LogP contribution in [0, 0.1) is 6.92 Å². The highest BCUT2D eigenvalue weighted by atomic mass is 35.5. The molecular weight excluding hydrogens is 464 g/mol. The van der Waals surface area contributed by atoms with E-state index in [1.165, 1.54) is 32.4 Å². The Morgan fingerprint density at radius 1 is 0.970 bits per heavy atom. The summed E-state index contributed by atoms with van der Waals surface area (Å²) in [5.41, 5.74) is 2.00. The summed E-state index contributed by atoms with van der Waals surface area (Å²) in [6, 6.07) is 17.5. The van der Waals surface area contributed by atoms with Crippen molar-refractivity contribution in [3.05, 3.63) is 82.9 Å². The van der Waals surface area contributed by atoms with Crippen LogP contribution in [-0.2, 0) is 21.2 Å². The molecule has 33 heavy (non-hydrogen) atoms. The molecule has 9 heteroatoms. The molecule has 0 radical (unpaired) electrons. The third-order valence-corrected chi connectivity index (χ3v) is 6.97. The van der Waals surface area contributed by atoms with E-state index in [0.717, 1.165) is 5.56 Å². The number of carbonyl (C=O) groups excluding carboxylic acids is 1. The van der Waals surface area contributed by atoms with Gasteiger partial charge in [-0.15, -0.1) is 0 Å². The molecule has 0 unspecified atom stereocenters. The number of ether oxygens (including phenoxy) is 2. The second kappa shape index (κ2) is 10.7. The zero-order chi connectivity index (χ0) is 24.0. The molecule has 0 aliphatic carbocycles. The van der Waals surface area contributed by atoms with Gasteiger partial charge in [0.05, 0.1) is 19.1 Å². The Balaban J connectivity index is 1.92.